The third-order valence-corrected chi connectivity index (χ3v) is 4.06. The van der Waals surface area contributed by atoms with Crippen LogP contribution in [-0.4, -0.2) is 50.0 Å². The van der Waals surface area contributed by atoms with Gasteiger partial charge in [-0.25, -0.2) is 4.79 Å². The van der Waals surface area contributed by atoms with Crippen LogP contribution in [0, 0.1) is 0 Å². The zero-order chi connectivity index (χ0) is 21.5. The lowest BCUT2D eigenvalue weighted by molar-refractivity contribution is 0.0474. The summed E-state index contributed by atoms with van der Waals surface area (Å²) < 4.78 is 16.9. The van der Waals surface area contributed by atoms with Crippen LogP contribution in [0.4, 0.5) is 4.79 Å². The van der Waals surface area contributed by atoms with E-state index < -0.39 is 17.2 Å². The number of carbonyl (C=O) groups is 1. The second-order valence-corrected chi connectivity index (χ2v) is 8.58. The first-order valence-electron chi connectivity index (χ1n) is 9.93. The van der Waals surface area contributed by atoms with Gasteiger partial charge in [-0.05, 0) is 40.7 Å². The van der Waals surface area contributed by atoms with Crippen LogP contribution in [0.1, 0.15) is 46.6 Å². The van der Waals surface area contributed by atoms with Crippen molar-refractivity contribution in [2.24, 2.45) is 4.99 Å². The molecule has 8 nitrogen and oxygen atoms in total. The summed E-state index contributed by atoms with van der Waals surface area (Å²) >= 11 is 0. The molecule has 162 valence electrons. The molecule has 0 aromatic heterocycles. The minimum Gasteiger partial charge on any atom is -0.490 e. The quantitative estimate of drug-likeness (QED) is 0.514. The predicted octanol–water partition coefficient (Wildman–Crippen LogP) is 2.82. The Morgan fingerprint density at radius 1 is 1.14 bits per heavy atom. The Kier molecular flexibility index (Phi) is 7.59. The van der Waals surface area contributed by atoms with Crippen molar-refractivity contribution in [3.8, 4) is 11.5 Å². The smallest absolute Gasteiger partial charge is 0.408 e. The average Bonchev–Trinajstić information content (AvgIpc) is 2.85. The van der Waals surface area contributed by atoms with E-state index in [1.54, 1.807) is 7.05 Å². The molecule has 1 aliphatic rings. The molecular formula is C21H34N4O4. The fourth-order valence-electron chi connectivity index (χ4n) is 2.72. The number of guanidine groups is 1. The molecule has 0 spiro atoms. The van der Waals surface area contributed by atoms with Crippen molar-refractivity contribution in [3.05, 3.63) is 23.8 Å². The van der Waals surface area contributed by atoms with Gasteiger partial charge in [0.25, 0.3) is 0 Å². The van der Waals surface area contributed by atoms with Crippen molar-refractivity contribution in [2.75, 3.05) is 26.8 Å². The number of ether oxygens (including phenoxy) is 3. The number of benzene rings is 1. The minimum absolute atomic E-state index is 0.448. The van der Waals surface area contributed by atoms with Crippen molar-refractivity contribution >= 4 is 12.1 Å². The summed E-state index contributed by atoms with van der Waals surface area (Å²) in [5.41, 5.74) is -0.0655. The number of fused-ring (bicyclic) bond motifs is 1. The molecule has 29 heavy (non-hydrogen) atoms. The molecule has 1 heterocycles. The van der Waals surface area contributed by atoms with Gasteiger partial charge in [0, 0.05) is 32.1 Å². The number of alkyl carbamates (subject to hydrolysis) is 1. The number of hydrogen-bond acceptors (Lipinski definition) is 5. The highest BCUT2D eigenvalue weighted by atomic mass is 16.6. The molecule has 0 unspecified atom stereocenters. The molecule has 1 aromatic carbocycles. The topological polar surface area (TPSA) is 93.2 Å². The first kappa shape index (κ1) is 22.6. The van der Waals surface area contributed by atoms with Gasteiger partial charge < -0.3 is 30.2 Å². The summed E-state index contributed by atoms with van der Waals surface area (Å²) in [7, 11) is 1.70. The predicted molar refractivity (Wildman–Crippen MR) is 114 cm³/mol. The van der Waals surface area contributed by atoms with Crippen molar-refractivity contribution in [1.82, 2.24) is 16.0 Å². The summed E-state index contributed by atoms with van der Waals surface area (Å²) in [6, 6.07) is 5.87. The Morgan fingerprint density at radius 2 is 1.86 bits per heavy atom. The normalized spacial score (nSPS) is 14.6. The molecule has 0 aliphatic carbocycles. The summed E-state index contributed by atoms with van der Waals surface area (Å²) in [5, 5.41) is 9.39. The molecule has 0 atom stereocenters. The number of carbonyl (C=O) groups excluding carboxylic acids is 1. The maximum absolute atomic E-state index is 12.0. The number of para-hydroxylation sites is 1. The van der Waals surface area contributed by atoms with Crippen LogP contribution in [-0.2, 0) is 11.3 Å². The molecule has 0 radical (unpaired) electrons. The van der Waals surface area contributed by atoms with Gasteiger partial charge in [0.2, 0.25) is 0 Å². The maximum atomic E-state index is 12.0. The van der Waals surface area contributed by atoms with Gasteiger partial charge in [-0.2, -0.15) is 0 Å². The highest BCUT2D eigenvalue weighted by molar-refractivity contribution is 5.80. The summed E-state index contributed by atoms with van der Waals surface area (Å²) in [6.07, 6.45) is 0.418. The lowest BCUT2D eigenvalue weighted by atomic mass is 10.1. The van der Waals surface area contributed by atoms with Crippen LogP contribution in [0.25, 0.3) is 0 Å². The second-order valence-electron chi connectivity index (χ2n) is 8.58. The molecule has 1 aromatic rings. The summed E-state index contributed by atoms with van der Waals surface area (Å²) in [5.74, 6) is 2.17. The summed E-state index contributed by atoms with van der Waals surface area (Å²) in [6.45, 7) is 11.6. The third kappa shape index (κ3) is 7.71. The molecule has 0 fully saturated rings. The van der Waals surface area contributed by atoms with E-state index in [0.29, 0.717) is 32.3 Å². The van der Waals surface area contributed by atoms with Crippen LogP contribution in [0.5, 0.6) is 11.5 Å². The standard InChI is InChI=1S/C21H34N4O4/c1-20(2,3)29-19(26)25-21(4,5)14-24-18(22-6)23-13-15-9-7-10-16-17(15)28-12-8-11-27-16/h7,9-10H,8,11-14H2,1-6H3,(H,25,26)(H2,22,23,24). The molecule has 1 amide bonds. The highest BCUT2D eigenvalue weighted by Gasteiger charge is 2.25. The summed E-state index contributed by atoms with van der Waals surface area (Å²) in [4.78, 5) is 16.3. The van der Waals surface area contributed by atoms with E-state index in [4.69, 9.17) is 14.2 Å². The SMILES string of the molecule is CN=C(NCc1cccc2c1OCCCO2)NCC(C)(C)NC(=O)OC(C)(C)C. The van der Waals surface area contributed by atoms with Crippen molar-refractivity contribution < 1.29 is 19.0 Å². The minimum atomic E-state index is -0.537. The molecule has 3 N–H and O–H groups in total. The van der Waals surface area contributed by atoms with Gasteiger partial charge in [0.15, 0.2) is 17.5 Å². The van der Waals surface area contributed by atoms with Crippen LogP contribution in [0.15, 0.2) is 23.2 Å². The lowest BCUT2D eigenvalue weighted by Gasteiger charge is -2.29. The highest BCUT2D eigenvalue weighted by Crippen LogP contribution is 2.33. The van der Waals surface area contributed by atoms with E-state index in [0.717, 1.165) is 23.5 Å². The van der Waals surface area contributed by atoms with E-state index in [1.807, 2.05) is 52.8 Å². The Morgan fingerprint density at radius 3 is 2.55 bits per heavy atom. The van der Waals surface area contributed by atoms with Gasteiger partial charge in [-0.15, -0.1) is 0 Å². The van der Waals surface area contributed by atoms with Crippen LogP contribution in [0.2, 0.25) is 0 Å². The number of nitrogens with one attached hydrogen (secondary N) is 3. The number of hydrogen-bond donors (Lipinski definition) is 3. The fraction of sp³-hybridized carbons (Fsp3) is 0.619. The van der Waals surface area contributed by atoms with E-state index in [1.165, 1.54) is 0 Å². The van der Waals surface area contributed by atoms with Gasteiger partial charge in [0.05, 0.1) is 18.8 Å². The monoisotopic (exact) mass is 406 g/mol. The van der Waals surface area contributed by atoms with Gasteiger partial charge in [-0.3, -0.25) is 4.99 Å². The third-order valence-electron chi connectivity index (χ3n) is 4.06. The van der Waals surface area contributed by atoms with Crippen molar-refractivity contribution in [3.63, 3.8) is 0 Å². The average molecular weight is 407 g/mol. The molecular weight excluding hydrogens is 372 g/mol. The zero-order valence-corrected chi connectivity index (χ0v) is 18.3. The number of aliphatic imine (C=N–C) groups is 1. The Labute approximate surface area is 173 Å². The van der Waals surface area contributed by atoms with Crippen molar-refractivity contribution in [2.45, 2.75) is 58.7 Å². The Hall–Kier alpha value is -2.64. The van der Waals surface area contributed by atoms with Gasteiger partial charge in [-0.1, -0.05) is 12.1 Å². The van der Waals surface area contributed by atoms with Crippen LogP contribution < -0.4 is 25.4 Å². The maximum Gasteiger partial charge on any atom is 0.408 e. The second kappa shape index (κ2) is 9.71. The Bertz CT molecular complexity index is 726. The number of nitrogens with zero attached hydrogens (tertiary/aromatic N) is 1. The van der Waals surface area contributed by atoms with Gasteiger partial charge in [0.1, 0.15) is 5.60 Å². The molecule has 0 bridgehead atoms. The molecule has 1 aliphatic heterocycles. The molecule has 0 saturated carbocycles. The van der Waals surface area contributed by atoms with E-state index >= 15 is 0 Å². The largest absolute Gasteiger partial charge is 0.490 e. The van der Waals surface area contributed by atoms with E-state index in [-0.39, 0.29) is 0 Å². The van der Waals surface area contributed by atoms with Crippen molar-refractivity contribution in [1.29, 1.82) is 0 Å². The van der Waals surface area contributed by atoms with E-state index in [2.05, 4.69) is 20.9 Å². The van der Waals surface area contributed by atoms with E-state index in [9.17, 15) is 4.79 Å². The fourth-order valence-corrected chi connectivity index (χ4v) is 2.72. The number of rotatable bonds is 5. The molecule has 0 saturated heterocycles. The first-order chi connectivity index (χ1) is 13.6. The number of amides is 1. The van der Waals surface area contributed by atoms with Gasteiger partial charge >= 0.3 is 6.09 Å². The zero-order valence-electron chi connectivity index (χ0n) is 18.3. The van der Waals surface area contributed by atoms with Crippen LogP contribution in [0.3, 0.4) is 0 Å². The molecule has 2 rings (SSSR count). The Balaban J connectivity index is 1.89. The molecule has 8 heteroatoms. The lowest BCUT2D eigenvalue weighted by Crippen LogP contribution is -2.54. The van der Waals surface area contributed by atoms with Crippen LogP contribution >= 0.6 is 0 Å². The first-order valence-corrected chi connectivity index (χ1v) is 9.93.